The molecular formula is C9H10ClN5. The first-order valence-corrected chi connectivity index (χ1v) is 5.12. The molecule has 2 aromatic rings. The summed E-state index contributed by atoms with van der Waals surface area (Å²) in [5, 5.41) is 7.95. The molecule has 0 unspecified atom stereocenters. The number of halogens is 1. The third-order valence-corrected chi connectivity index (χ3v) is 2.07. The van der Waals surface area contributed by atoms with Gasteiger partial charge in [-0.15, -0.1) is 16.7 Å². The maximum Gasteiger partial charge on any atom is 0.0864 e. The first-order chi connectivity index (χ1) is 7.38. The molecule has 0 fully saturated rings. The van der Waals surface area contributed by atoms with Gasteiger partial charge in [0.1, 0.15) is 0 Å². The summed E-state index contributed by atoms with van der Waals surface area (Å²) in [6.07, 6.45) is 7.62. The van der Waals surface area contributed by atoms with Gasteiger partial charge in [0.05, 0.1) is 24.1 Å². The summed E-state index contributed by atoms with van der Waals surface area (Å²) in [5.41, 5.74) is 1.76. The van der Waals surface area contributed by atoms with Gasteiger partial charge in [0, 0.05) is 30.9 Å². The normalized spacial score (nSPS) is 10.5. The first kappa shape index (κ1) is 10.0. The molecule has 6 heteroatoms. The van der Waals surface area contributed by atoms with E-state index in [0.717, 1.165) is 17.8 Å². The highest BCUT2D eigenvalue weighted by Crippen LogP contribution is 1.99. The second kappa shape index (κ2) is 4.84. The Hall–Kier alpha value is -1.49. The highest BCUT2D eigenvalue weighted by molar-refractivity contribution is 6.17. The molecule has 0 radical (unpaired) electrons. The van der Waals surface area contributed by atoms with Gasteiger partial charge >= 0.3 is 0 Å². The number of nitrogens with zero attached hydrogens (tertiary/aromatic N) is 5. The fraction of sp³-hybridized carbons (Fsp3) is 0.333. The van der Waals surface area contributed by atoms with E-state index in [1.54, 1.807) is 23.3 Å². The van der Waals surface area contributed by atoms with Crippen LogP contribution in [0.5, 0.6) is 0 Å². The minimum atomic E-state index is 0.559. The van der Waals surface area contributed by atoms with Crippen molar-refractivity contribution in [3.05, 3.63) is 36.2 Å². The van der Waals surface area contributed by atoms with Crippen molar-refractivity contribution in [3.8, 4) is 0 Å². The molecule has 5 nitrogen and oxygen atoms in total. The third-order valence-electron chi connectivity index (χ3n) is 1.88. The third kappa shape index (κ3) is 2.73. The van der Waals surface area contributed by atoms with Gasteiger partial charge in [-0.2, -0.15) is 0 Å². The van der Waals surface area contributed by atoms with Crippen LogP contribution in [0.3, 0.4) is 0 Å². The van der Waals surface area contributed by atoms with E-state index in [1.807, 2.05) is 6.20 Å². The van der Waals surface area contributed by atoms with Crippen molar-refractivity contribution >= 4 is 11.6 Å². The largest absolute Gasteiger partial charge is 0.261 e. The average Bonchev–Trinajstić information content (AvgIpc) is 2.68. The van der Waals surface area contributed by atoms with E-state index in [2.05, 4.69) is 20.3 Å². The highest BCUT2D eigenvalue weighted by Gasteiger charge is 2.01. The van der Waals surface area contributed by atoms with Crippen LogP contribution in [0.15, 0.2) is 24.8 Å². The van der Waals surface area contributed by atoms with E-state index in [1.165, 1.54) is 0 Å². The predicted octanol–water partition coefficient (Wildman–Crippen LogP) is 0.898. The van der Waals surface area contributed by atoms with E-state index < -0.39 is 0 Å². The minimum absolute atomic E-state index is 0.559. The van der Waals surface area contributed by atoms with Crippen molar-refractivity contribution in [2.75, 3.05) is 5.88 Å². The van der Waals surface area contributed by atoms with Crippen LogP contribution in [0.1, 0.15) is 11.4 Å². The summed E-state index contributed by atoms with van der Waals surface area (Å²) in [6, 6.07) is 0. The smallest absolute Gasteiger partial charge is 0.0864 e. The monoisotopic (exact) mass is 223 g/mol. The standard InChI is InChI=1S/C9H10ClN5/c10-2-1-8-6-15(14-13-8)7-9-5-11-3-4-12-9/h3-6H,1-2,7H2. The van der Waals surface area contributed by atoms with Crippen LogP contribution in [0.4, 0.5) is 0 Å². The van der Waals surface area contributed by atoms with Gasteiger partial charge in [0.25, 0.3) is 0 Å². The number of aryl methyl sites for hydroxylation is 1. The van der Waals surface area contributed by atoms with Crippen molar-refractivity contribution in [2.45, 2.75) is 13.0 Å². The Balaban J connectivity index is 2.05. The van der Waals surface area contributed by atoms with Gasteiger partial charge in [0.15, 0.2) is 0 Å². The Morgan fingerprint density at radius 3 is 2.93 bits per heavy atom. The van der Waals surface area contributed by atoms with Crippen LogP contribution in [0.2, 0.25) is 0 Å². The molecule has 2 aromatic heterocycles. The molecule has 0 aliphatic carbocycles. The Morgan fingerprint density at radius 2 is 2.20 bits per heavy atom. The Labute approximate surface area is 92.1 Å². The topological polar surface area (TPSA) is 56.5 Å². The minimum Gasteiger partial charge on any atom is -0.261 e. The van der Waals surface area contributed by atoms with Crippen LogP contribution in [0, 0.1) is 0 Å². The maximum atomic E-state index is 5.61. The second-order valence-corrected chi connectivity index (χ2v) is 3.42. The van der Waals surface area contributed by atoms with Crippen LogP contribution in [-0.4, -0.2) is 30.8 Å². The zero-order valence-corrected chi connectivity index (χ0v) is 8.80. The molecule has 0 amide bonds. The van der Waals surface area contributed by atoms with Gasteiger partial charge in [-0.25, -0.2) is 4.68 Å². The van der Waals surface area contributed by atoms with E-state index in [0.29, 0.717) is 12.4 Å². The van der Waals surface area contributed by atoms with Crippen LogP contribution in [-0.2, 0) is 13.0 Å². The number of hydrogen-bond acceptors (Lipinski definition) is 4. The molecule has 15 heavy (non-hydrogen) atoms. The Morgan fingerprint density at radius 1 is 1.27 bits per heavy atom. The number of aromatic nitrogens is 5. The molecule has 0 bridgehead atoms. The zero-order chi connectivity index (χ0) is 10.5. The SMILES string of the molecule is ClCCc1cn(Cc2cnccn2)nn1. The number of alkyl halides is 1. The fourth-order valence-corrected chi connectivity index (χ4v) is 1.40. The first-order valence-electron chi connectivity index (χ1n) is 4.58. The molecule has 0 N–H and O–H groups in total. The van der Waals surface area contributed by atoms with E-state index in [-0.39, 0.29) is 0 Å². The molecule has 0 aliphatic heterocycles. The van der Waals surface area contributed by atoms with Crippen LogP contribution >= 0.6 is 11.6 Å². The lowest BCUT2D eigenvalue weighted by Gasteiger charge is -1.97. The second-order valence-electron chi connectivity index (χ2n) is 3.04. The molecule has 78 valence electrons. The molecule has 0 aliphatic rings. The highest BCUT2D eigenvalue weighted by atomic mass is 35.5. The van der Waals surface area contributed by atoms with Crippen molar-refractivity contribution in [2.24, 2.45) is 0 Å². The summed E-state index contributed by atoms with van der Waals surface area (Å²) < 4.78 is 1.73. The molecule has 2 rings (SSSR count). The van der Waals surface area contributed by atoms with Crippen LogP contribution < -0.4 is 0 Å². The lowest BCUT2D eigenvalue weighted by atomic mass is 10.4. The van der Waals surface area contributed by atoms with E-state index >= 15 is 0 Å². The molecule has 0 atom stereocenters. The summed E-state index contributed by atoms with van der Waals surface area (Å²) in [5.74, 6) is 0.559. The van der Waals surface area contributed by atoms with Crippen molar-refractivity contribution in [1.29, 1.82) is 0 Å². The molecule has 0 saturated carbocycles. The fourth-order valence-electron chi connectivity index (χ4n) is 1.20. The van der Waals surface area contributed by atoms with Gasteiger partial charge in [-0.3, -0.25) is 9.97 Å². The number of hydrogen-bond donors (Lipinski definition) is 0. The lowest BCUT2D eigenvalue weighted by Crippen LogP contribution is -2.02. The summed E-state index contributed by atoms with van der Waals surface area (Å²) >= 11 is 5.61. The van der Waals surface area contributed by atoms with Gasteiger partial charge in [0.2, 0.25) is 0 Å². The molecule has 2 heterocycles. The van der Waals surface area contributed by atoms with Crippen LogP contribution in [0.25, 0.3) is 0 Å². The maximum absolute atomic E-state index is 5.61. The molecule has 0 saturated heterocycles. The van der Waals surface area contributed by atoms with Gasteiger partial charge < -0.3 is 0 Å². The predicted molar refractivity (Wildman–Crippen MR) is 55.6 cm³/mol. The summed E-state index contributed by atoms with van der Waals surface area (Å²) in [6.45, 7) is 0.586. The van der Waals surface area contributed by atoms with Gasteiger partial charge in [-0.05, 0) is 0 Å². The number of rotatable bonds is 4. The van der Waals surface area contributed by atoms with E-state index in [4.69, 9.17) is 11.6 Å². The van der Waals surface area contributed by atoms with Crippen molar-refractivity contribution in [1.82, 2.24) is 25.0 Å². The molecule has 0 aromatic carbocycles. The van der Waals surface area contributed by atoms with E-state index in [9.17, 15) is 0 Å². The molecular weight excluding hydrogens is 214 g/mol. The van der Waals surface area contributed by atoms with Gasteiger partial charge in [-0.1, -0.05) is 5.21 Å². The summed E-state index contributed by atoms with van der Waals surface area (Å²) in [7, 11) is 0. The zero-order valence-electron chi connectivity index (χ0n) is 8.04. The van der Waals surface area contributed by atoms with Crippen molar-refractivity contribution in [3.63, 3.8) is 0 Å². The summed E-state index contributed by atoms with van der Waals surface area (Å²) in [4.78, 5) is 8.13. The Bertz CT molecular complexity index is 413. The Kier molecular flexibility index (Phi) is 3.24. The lowest BCUT2D eigenvalue weighted by molar-refractivity contribution is 0.636. The molecule has 0 spiro atoms. The average molecular weight is 224 g/mol. The van der Waals surface area contributed by atoms with Crippen molar-refractivity contribution < 1.29 is 0 Å². The quantitative estimate of drug-likeness (QED) is 0.723.